The van der Waals surface area contributed by atoms with Gasteiger partial charge in [0, 0.05) is 0 Å². The van der Waals surface area contributed by atoms with E-state index in [1.54, 1.807) is 6.92 Å². The normalized spacial score (nSPS) is 19.0. The highest BCUT2D eigenvalue weighted by Gasteiger charge is 2.28. The molecule has 0 spiro atoms. The summed E-state index contributed by atoms with van der Waals surface area (Å²) in [4.78, 5) is 11.2. The summed E-state index contributed by atoms with van der Waals surface area (Å²) in [7, 11) is 0. The van der Waals surface area contributed by atoms with E-state index in [2.05, 4.69) is 5.32 Å². The van der Waals surface area contributed by atoms with Gasteiger partial charge in [-0.2, -0.15) is 13.2 Å². The zero-order valence-electron chi connectivity index (χ0n) is 9.23. The summed E-state index contributed by atoms with van der Waals surface area (Å²) in [6.45, 7) is 1.02. The van der Waals surface area contributed by atoms with Crippen molar-refractivity contribution >= 4 is 5.91 Å². The van der Waals surface area contributed by atoms with Crippen molar-refractivity contribution in [1.82, 2.24) is 10.6 Å². The number of nitrogens with one attached hydrogen (secondary N) is 2. The Hall–Kier alpha value is -0.780. The Bertz CT molecular complexity index is 239. The second kappa shape index (κ2) is 5.52. The zero-order chi connectivity index (χ0) is 12.2. The average Bonchev–Trinajstić information content (AvgIpc) is 2.10. The van der Waals surface area contributed by atoms with Crippen LogP contribution in [0.5, 0.6) is 0 Å². The van der Waals surface area contributed by atoms with Gasteiger partial charge in [-0.15, -0.1) is 0 Å². The minimum absolute atomic E-state index is 0.567. The molecule has 2 N–H and O–H groups in total. The lowest BCUT2D eigenvalue weighted by Crippen LogP contribution is -2.46. The van der Waals surface area contributed by atoms with Gasteiger partial charge in [-0.05, 0) is 32.2 Å². The Morgan fingerprint density at radius 1 is 1.44 bits per heavy atom. The molecule has 1 aliphatic carbocycles. The van der Waals surface area contributed by atoms with Gasteiger partial charge in [0.25, 0.3) is 0 Å². The number of carbonyl (C=O) groups is 1. The lowest BCUT2D eigenvalue weighted by atomic mass is 9.85. The van der Waals surface area contributed by atoms with Gasteiger partial charge in [0.1, 0.15) is 6.54 Å². The maximum Gasteiger partial charge on any atom is 0.405 e. The molecule has 3 nitrogen and oxygen atoms in total. The summed E-state index contributed by atoms with van der Waals surface area (Å²) in [5.41, 5.74) is 0. The molecule has 94 valence electrons. The number of carbonyl (C=O) groups excluding carboxylic acids is 1. The molecule has 0 aliphatic heterocycles. The first-order valence-corrected chi connectivity index (χ1v) is 5.46. The highest BCUT2D eigenvalue weighted by molar-refractivity contribution is 5.81. The standard InChI is InChI=1S/C10H17F3N2O/c1-7(14-5-8-3-2-4-8)9(16)15-6-10(11,12)13/h7-8,14H,2-6H2,1H3,(H,15,16). The molecule has 1 unspecified atom stereocenters. The second-order valence-corrected chi connectivity index (χ2v) is 4.26. The first-order chi connectivity index (χ1) is 7.38. The van der Waals surface area contributed by atoms with Crippen molar-refractivity contribution in [1.29, 1.82) is 0 Å². The molecular formula is C10H17F3N2O. The largest absolute Gasteiger partial charge is 0.405 e. The van der Waals surface area contributed by atoms with Gasteiger partial charge in [-0.3, -0.25) is 4.79 Å². The van der Waals surface area contributed by atoms with Gasteiger partial charge >= 0.3 is 6.18 Å². The predicted molar refractivity (Wildman–Crippen MR) is 53.9 cm³/mol. The molecule has 1 amide bonds. The van der Waals surface area contributed by atoms with Crippen molar-refractivity contribution in [3.63, 3.8) is 0 Å². The van der Waals surface area contributed by atoms with Gasteiger partial charge in [0.15, 0.2) is 0 Å². The number of hydrogen-bond acceptors (Lipinski definition) is 2. The Morgan fingerprint density at radius 3 is 2.50 bits per heavy atom. The van der Waals surface area contributed by atoms with Crippen molar-refractivity contribution in [2.75, 3.05) is 13.1 Å². The van der Waals surface area contributed by atoms with Crippen LogP contribution < -0.4 is 10.6 Å². The SMILES string of the molecule is CC(NCC1CCC1)C(=O)NCC(F)(F)F. The van der Waals surface area contributed by atoms with E-state index in [1.165, 1.54) is 6.42 Å². The molecule has 0 heterocycles. The average molecular weight is 238 g/mol. The summed E-state index contributed by atoms with van der Waals surface area (Å²) >= 11 is 0. The number of hydrogen-bond donors (Lipinski definition) is 2. The quantitative estimate of drug-likeness (QED) is 0.761. The van der Waals surface area contributed by atoms with E-state index in [0.29, 0.717) is 12.5 Å². The summed E-state index contributed by atoms with van der Waals surface area (Å²) in [5.74, 6) is -0.0190. The summed E-state index contributed by atoms with van der Waals surface area (Å²) in [5, 5.41) is 4.80. The van der Waals surface area contributed by atoms with Crippen LogP contribution in [0.3, 0.4) is 0 Å². The van der Waals surface area contributed by atoms with Crippen molar-refractivity contribution in [2.24, 2.45) is 5.92 Å². The van der Waals surface area contributed by atoms with E-state index in [1.807, 2.05) is 5.32 Å². The molecule has 1 rings (SSSR count). The van der Waals surface area contributed by atoms with Crippen LogP contribution in [-0.4, -0.2) is 31.2 Å². The van der Waals surface area contributed by atoms with Crippen LogP contribution in [0, 0.1) is 5.92 Å². The molecule has 0 bridgehead atoms. The molecule has 1 atom stereocenters. The molecule has 1 fully saturated rings. The van der Waals surface area contributed by atoms with Gasteiger partial charge < -0.3 is 10.6 Å². The molecule has 0 saturated heterocycles. The lowest BCUT2D eigenvalue weighted by Gasteiger charge is -2.27. The number of halogens is 3. The highest BCUT2D eigenvalue weighted by atomic mass is 19.4. The number of amides is 1. The molecule has 0 aromatic carbocycles. The van der Waals surface area contributed by atoms with Crippen LogP contribution in [0.25, 0.3) is 0 Å². The summed E-state index contributed by atoms with van der Waals surface area (Å²) in [6, 6.07) is -0.567. The van der Waals surface area contributed by atoms with Gasteiger partial charge in [0.2, 0.25) is 5.91 Å². The van der Waals surface area contributed by atoms with E-state index in [-0.39, 0.29) is 0 Å². The molecular weight excluding hydrogens is 221 g/mol. The first-order valence-electron chi connectivity index (χ1n) is 5.46. The Morgan fingerprint density at radius 2 is 2.06 bits per heavy atom. The lowest BCUT2D eigenvalue weighted by molar-refractivity contribution is -0.139. The zero-order valence-corrected chi connectivity index (χ0v) is 9.23. The summed E-state index contributed by atoms with van der Waals surface area (Å²) in [6.07, 6.45) is -0.849. The maximum absolute atomic E-state index is 11.8. The van der Waals surface area contributed by atoms with Crippen LogP contribution in [0.15, 0.2) is 0 Å². The van der Waals surface area contributed by atoms with Crippen LogP contribution in [0.4, 0.5) is 13.2 Å². The van der Waals surface area contributed by atoms with E-state index in [9.17, 15) is 18.0 Å². The van der Waals surface area contributed by atoms with E-state index >= 15 is 0 Å². The topological polar surface area (TPSA) is 41.1 Å². The van der Waals surface area contributed by atoms with E-state index < -0.39 is 24.7 Å². The molecule has 1 aliphatic rings. The van der Waals surface area contributed by atoms with Crippen LogP contribution in [0.1, 0.15) is 26.2 Å². The fraction of sp³-hybridized carbons (Fsp3) is 0.900. The minimum atomic E-state index is -4.34. The van der Waals surface area contributed by atoms with Crippen LogP contribution in [0.2, 0.25) is 0 Å². The first kappa shape index (κ1) is 13.3. The Labute approximate surface area is 92.8 Å². The van der Waals surface area contributed by atoms with E-state index in [4.69, 9.17) is 0 Å². The third kappa shape index (κ3) is 4.83. The third-order valence-corrected chi connectivity index (χ3v) is 2.79. The van der Waals surface area contributed by atoms with Crippen molar-refractivity contribution < 1.29 is 18.0 Å². The van der Waals surface area contributed by atoms with Crippen LogP contribution >= 0.6 is 0 Å². The Kier molecular flexibility index (Phi) is 4.58. The predicted octanol–water partition coefficient (Wildman–Crippen LogP) is 1.44. The Balaban J connectivity index is 2.14. The van der Waals surface area contributed by atoms with Gasteiger partial charge in [-0.1, -0.05) is 6.42 Å². The fourth-order valence-electron chi connectivity index (χ4n) is 1.47. The maximum atomic E-state index is 11.8. The van der Waals surface area contributed by atoms with Crippen LogP contribution in [-0.2, 0) is 4.79 Å². The molecule has 0 radical (unpaired) electrons. The number of rotatable bonds is 5. The number of alkyl halides is 3. The van der Waals surface area contributed by atoms with Gasteiger partial charge in [0.05, 0.1) is 6.04 Å². The summed E-state index contributed by atoms with van der Waals surface area (Å²) < 4.78 is 35.5. The molecule has 1 saturated carbocycles. The molecule has 6 heteroatoms. The molecule has 16 heavy (non-hydrogen) atoms. The van der Waals surface area contributed by atoms with Gasteiger partial charge in [-0.25, -0.2) is 0 Å². The smallest absolute Gasteiger partial charge is 0.346 e. The second-order valence-electron chi connectivity index (χ2n) is 4.26. The fourth-order valence-corrected chi connectivity index (χ4v) is 1.47. The molecule has 0 aromatic rings. The third-order valence-electron chi connectivity index (χ3n) is 2.79. The van der Waals surface area contributed by atoms with E-state index in [0.717, 1.165) is 12.8 Å². The monoisotopic (exact) mass is 238 g/mol. The van der Waals surface area contributed by atoms with Crippen molar-refractivity contribution in [3.05, 3.63) is 0 Å². The van der Waals surface area contributed by atoms with Crippen molar-refractivity contribution in [3.8, 4) is 0 Å². The minimum Gasteiger partial charge on any atom is -0.346 e. The molecule has 0 aromatic heterocycles. The van der Waals surface area contributed by atoms with Crippen molar-refractivity contribution in [2.45, 2.75) is 38.4 Å². The highest BCUT2D eigenvalue weighted by Crippen LogP contribution is 2.25.